The Bertz CT molecular complexity index is 1180. The first-order chi connectivity index (χ1) is 15.4. The summed E-state index contributed by atoms with van der Waals surface area (Å²) >= 11 is 6.75. The Morgan fingerprint density at radius 1 is 1.06 bits per heavy atom. The lowest BCUT2D eigenvalue weighted by molar-refractivity contribution is 0.209. The summed E-state index contributed by atoms with van der Waals surface area (Å²) in [7, 11) is 0. The van der Waals surface area contributed by atoms with Gasteiger partial charge in [-0.25, -0.2) is 4.98 Å². The summed E-state index contributed by atoms with van der Waals surface area (Å²) in [6.07, 6.45) is 2.20. The van der Waals surface area contributed by atoms with Gasteiger partial charge in [-0.3, -0.25) is 0 Å². The molecule has 0 radical (unpaired) electrons. The van der Waals surface area contributed by atoms with Gasteiger partial charge in [-0.1, -0.05) is 62.4 Å². The second kappa shape index (κ2) is 9.25. The average Bonchev–Trinajstić information content (AvgIpc) is 2.81. The van der Waals surface area contributed by atoms with Gasteiger partial charge in [0.15, 0.2) is 0 Å². The van der Waals surface area contributed by atoms with E-state index in [0.717, 1.165) is 83.0 Å². The number of aromatic nitrogens is 1. The van der Waals surface area contributed by atoms with Crippen LogP contribution in [0.2, 0.25) is 5.02 Å². The highest BCUT2D eigenvalue weighted by Crippen LogP contribution is 2.35. The number of nitrogens with two attached hydrogens (primary N) is 1. The standard InChI is InChI=1S/C27H31ClN4/c1-5-7-18(2)31-12-14-32(15-13-31)20(4)21-10-11-24-25(17-21)30-27(19(3)26(24)28)22-8-6-9-23(29)16-22/h6,8-11,16-17H,2,4-5,7,12-15,29H2,1,3H3. The van der Waals surface area contributed by atoms with Crippen LogP contribution in [0.25, 0.3) is 27.9 Å². The normalized spacial score (nSPS) is 14.1. The van der Waals surface area contributed by atoms with Gasteiger partial charge in [-0.15, -0.1) is 0 Å². The molecule has 1 fully saturated rings. The van der Waals surface area contributed by atoms with E-state index in [0.29, 0.717) is 5.69 Å². The molecule has 2 N–H and O–H groups in total. The zero-order valence-electron chi connectivity index (χ0n) is 19.0. The van der Waals surface area contributed by atoms with Crippen LogP contribution in [-0.4, -0.2) is 41.0 Å². The van der Waals surface area contributed by atoms with E-state index in [1.165, 1.54) is 5.70 Å². The minimum absolute atomic E-state index is 0.711. The first kappa shape index (κ1) is 22.2. The molecular weight excluding hydrogens is 416 g/mol. The molecule has 1 aliphatic rings. The highest BCUT2D eigenvalue weighted by Gasteiger charge is 2.20. The minimum atomic E-state index is 0.711. The molecule has 4 rings (SSSR count). The molecule has 0 amide bonds. The van der Waals surface area contributed by atoms with Crippen molar-refractivity contribution >= 4 is 33.9 Å². The quantitative estimate of drug-likeness (QED) is 0.448. The third-order valence-corrected chi connectivity index (χ3v) is 6.78. The number of hydrogen-bond acceptors (Lipinski definition) is 4. The second-order valence-electron chi connectivity index (χ2n) is 8.49. The van der Waals surface area contributed by atoms with Crippen LogP contribution in [-0.2, 0) is 0 Å². The fourth-order valence-electron chi connectivity index (χ4n) is 4.39. The molecule has 1 saturated heterocycles. The van der Waals surface area contributed by atoms with Crippen LogP contribution < -0.4 is 5.73 Å². The van der Waals surface area contributed by atoms with Crippen LogP contribution in [0.5, 0.6) is 0 Å². The average molecular weight is 447 g/mol. The number of fused-ring (bicyclic) bond motifs is 1. The molecule has 0 saturated carbocycles. The molecule has 5 heteroatoms. The number of piperazine rings is 1. The van der Waals surface area contributed by atoms with Crippen molar-refractivity contribution in [3.8, 4) is 11.3 Å². The number of nitrogen functional groups attached to an aromatic ring is 1. The van der Waals surface area contributed by atoms with Crippen molar-refractivity contribution in [2.45, 2.75) is 26.7 Å². The van der Waals surface area contributed by atoms with Crippen LogP contribution in [0.1, 0.15) is 30.9 Å². The lowest BCUT2D eigenvalue weighted by Crippen LogP contribution is -2.44. The number of rotatable bonds is 6. The zero-order valence-corrected chi connectivity index (χ0v) is 19.8. The van der Waals surface area contributed by atoms with Gasteiger partial charge in [-0.2, -0.15) is 0 Å². The summed E-state index contributed by atoms with van der Waals surface area (Å²) in [5.41, 5.74) is 13.7. The Balaban J connectivity index is 1.61. The van der Waals surface area contributed by atoms with Gasteiger partial charge >= 0.3 is 0 Å². The van der Waals surface area contributed by atoms with E-state index in [4.69, 9.17) is 22.3 Å². The fraction of sp³-hybridized carbons (Fsp3) is 0.296. The molecule has 1 aromatic heterocycles. The smallest absolute Gasteiger partial charge is 0.0754 e. The number of halogens is 1. The highest BCUT2D eigenvalue weighted by molar-refractivity contribution is 6.36. The fourth-order valence-corrected chi connectivity index (χ4v) is 4.64. The number of nitrogens with zero attached hydrogens (tertiary/aromatic N) is 3. The Morgan fingerprint density at radius 2 is 1.78 bits per heavy atom. The predicted octanol–water partition coefficient (Wildman–Crippen LogP) is 6.35. The molecule has 3 aromatic rings. The molecule has 0 spiro atoms. The number of benzene rings is 2. The molecule has 0 aliphatic carbocycles. The van der Waals surface area contributed by atoms with Gasteiger partial charge in [0, 0.05) is 54.2 Å². The lowest BCUT2D eigenvalue weighted by Gasteiger charge is -2.39. The molecule has 0 bridgehead atoms. The molecule has 2 heterocycles. The van der Waals surface area contributed by atoms with Crippen molar-refractivity contribution in [1.82, 2.24) is 14.8 Å². The van der Waals surface area contributed by atoms with E-state index < -0.39 is 0 Å². The van der Waals surface area contributed by atoms with Crippen molar-refractivity contribution in [3.05, 3.63) is 77.5 Å². The molecule has 166 valence electrons. The SMILES string of the molecule is C=C(CCC)N1CCN(C(=C)c2ccc3c(Cl)c(C)c(-c4cccc(N)c4)nc3c2)CC1. The Morgan fingerprint density at radius 3 is 2.47 bits per heavy atom. The van der Waals surface area contributed by atoms with Gasteiger partial charge in [0.05, 0.1) is 16.2 Å². The van der Waals surface area contributed by atoms with Gasteiger partial charge in [0.25, 0.3) is 0 Å². The number of hydrogen-bond donors (Lipinski definition) is 1. The van der Waals surface area contributed by atoms with Crippen molar-refractivity contribution in [1.29, 1.82) is 0 Å². The van der Waals surface area contributed by atoms with Gasteiger partial charge in [-0.05, 0) is 42.7 Å². The molecule has 0 atom stereocenters. The van der Waals surface area contributed by atoms with E-state index in [2.05, 4.69) is 48.1 Å². The maximum absolute atomic E-state index is 6.75. The first-order valence-electron chi connectivity index (χ1n) is 11.2. The minimum Gasteiger partial charge on any atom is -0.399 e. The van der Waals surface area contributed by atoms with Gasteiger partial charge in [0.1, 0.15) is 0 Å². The van der Waals surface area contributed by atoms with E-state index in [1.54, 1.807) is 0 Å². The molecule has 4 nitrogen and oxygen atoms in total. The lowest BCUT2D eigenvalue weighted by atomic mass is 10.0. The largest absolute Gasteiger partial charge is 0.399 e. The van der Waals surface area contributed by atoms with Crippen LogP contribution in [0.15, 0.2) is 61.3 Å². The highest BCUT2D eigenvalue weighted by atomic mass is 35.5. The van der Waals surface area contributed by atoms with Crippen molar-refractivity contribution in [2.24, 2.45) is 0 Å². The van der Waals surface area contributed by atoms with E-state index in [1.807, 2.05) is 31.2 Å². The van der Waals surface area contributed by atoms with Crippen LogP contribution in [0.4, 0.5) is 5.69 Å². The first-order valence-corrected chi connectivity index (χ1v) is 11.6. The maximum Gasteiger partial charge on any atom is 0.0754 e. The Kier molecular flexibility index (Phi) is 6.43. The summed E-state index contributed by atoms with van der Waals surface area (Å²) < 4.78 is 0. The number of anilines is 1. The number of pyridine rings is 1. The molecule has 32 heavy (non-hydrogen) atoms. The maximum atomic E-state index is 6.75. The topological polar surface area (TPSA) is 45.4 Å². The number of allylic oxidation sites excluding steroid dienone is 1. The van der Waals surface area contributed by atoms with Crippen LogP contribution in [0, 0.1) is 6.92 Å². The summed E-state index contributed by atoms with van der Waals surface area (Å²) in [6.45, 7) is 16.7. The van der Waals surface area contributed by atoms with Gasteiger partial charge < -0.3 is 15.5 Å². The summed E-state index contributed by atoms with van der Waals surface area (Å²) in [6, 6.07) is 14.0. The third kappa shape index (κ3) is 4.33. The molecule has 0 unspecified atom stereocenters. The summed E-state index contributed by atoms with van der Waals surface area (Å²) in [5.74, 6) is 0. The van der Waals surface area contributed by atoms with Crippen molar-refractivity contribution in [3.63, 3.8) is 0 Å². The van der Waals surface area contributed by atoms with Crippen molar-refractivity contribution < 1.29 is 0 Å². The summed E-state index contributed by atoms with van der Waals surface area (Å²) in [4.78, 5) is 9.72. The predicted molar refractivity (Wildman–Crippen MR) is 138 cm³/mol. The summed E-state index contributed by atoms with van der Waals surface area (Å²) in [5, 5.41) is 1.68. The second-order valence-corrected chi connectivity index (χ2v) is 8.87. The van der Waals surface area contributed by atoms with E-state index in [-0.39, 0.29) is 0 Å². The molecule has 2 aromatic carbocycles. The van der Waals surface area contributed by atoms with Crippen LogP contribution >= 0.6 is 11.6 Å². The third-order valence-electron chi connectivity index (χ3n) is 6.29. The van der Waals surface area contributed by atoms with E-state index >= 15 is 0 Å². The zero-order chi connectivity index (χ0) is 22.8. The molecular formula is C27H31ClN4. The van der Waals surface area contributed by atoms with Gasteiger partial charge in [0.2, 0.25) is 0 Å². The monoisotopic (exact) mass is 446 g/mol. The van der Waals surface area contributed by atoms with Crippen LogP contribution in [0.3, 0.4) is 0 Å². The molecule has 1 aliphatic heterocycles. The van der Waals surface area contributed by atoms with E-state index in [9.17, 15) is 0 Å². The van der Waals surface area contributed by atoms with Crippen molar-refractivity contribution in [2.75, 3.05) is 31.9 Å². The Labute approximate surface area is 196 Å². The Hall–Kier alpha value is -2.98.